The Hall–Kier alpha value is -5.01. The monoisotopic (exact) mass is 583 g/mol. The van der Waals surface area contributed by atoms with Gasteiger partial charge in [0.2, 0.25) is 11.7 Å². The Morgan fingerprint density at radius 3 is 2.12 bits per heavy atom. The van der Waals surface area contributed by atoms with E-state index in [0.29, 0.717) is 56.8 Å². The molecule has 1 aromatic heterocycles. The highest BCUT2D eigenvalue weighted by Crippen LogP contribution is 2.44. The lowest BCUT2D eigenvalue weighted by Gasteiger charge is -2.19. The molecule has 1 unspecified atom stereocenters. The number of anilines is 1. The minimum Gasteiger partial charge on any atom is -0.493 e. The lowest BCUT2D eigenvalue weighted by molar-refractivity contribution is -0.115. The number of carbonyl (C=O) groups is 2. The molecule has 0 aliphatic rings. The summed E-state index contributed by atoms with van der Waals surface area (Å²) in [6.45, 7) is 1.87. The van der Waals surface area contributed by atoms with E-state index in [0.717, 1.165) is 5.56 Å². The van der Waals surface area contributed by atoms with Crippen molar-refractivity contribution in [3.05, 3.63) is 83.9 Å². The van der Waals surface area contributed by atoms with Crippen LogP contribution in [0.4, 0.5) is 5.69 Å². The molecule has 0 bridgehead atoms. The van der Waals surface area contributed by atoms with Gasteiger partial charge in [0.05, 0.1) is 43.4 Å². The van der Waals surface area contributed by atoms with E-state index in [9.17, 15) is 14.9 Å². The first-order valence-electron chi connectivity index (χ1n) is 12.9. The number of aromatic carboxylic acids is 1. The lowest BCUT2D eigenvalue weighted by atomic mass is 9.98. The first kappa shape index (κ1) is 30.0. The van der Waals surface area contributed by atoms with Gasteiger partial charge in [-0.15, -0.1) is 0 Å². The van der Waals surface area contributed by atoms with E-state index in [-0.39, 0.29) is 11.5 Å². The van der Waals surface area contributed by atoms with E-state index < -0.39 is 11.2 Å². The largest absolute Gasteiger partial charge is 0.493 e. The topological polar surface area (TPSA) is 131 Å². The first-order valence-corrected chi connectivity index (χ1v) is 13.8. The third-order valence-corrected chi connectivity index (χ3v) is 7.81. The van der Waals surface area contributed by atoms with Gasteiger partial charge in [-0.3, -0.25) is 4.79 Å². The molecular formula is C32H29N3O6S. The normalized spacial score (nSPS) is 11.2. The highest BCUT2D eigenvalue weighted by atomic mass is 32.2. The number of thioether (sulfide) groups is 1. The van der Waals surface area contributed by atoms with Gasteiger partial charge in [0, 0.05) is 16.8 Å². The number of aromatic nitrogens is 1. The van der Waals surface area contributed by atoms with Gasteiger partial charge in [-0.1, -0.05) is 49.0 Å². The second-order valence-corrected chi connectivity index (χ2v) is 10.2. The van der Waals surface area contributed by atoms with Crippen molar-refractivity contribution in [1.82, 2.24) is 4.98 Å². The molecule has 3 aromatic carbocycles. The van der Waals surface area contributed by atoms with Crippen molar-refractivity contribution in [2.45, 2.75) is 23.6 Å². The predicted molar refractivity (Wildman–Crippen MR) is 161 cm³/mol. The maximum Gasteiger partial charge on any atom is 0.335 e. The molecule has 2 N–H and O–H groups in total. The van der Waals surface area contributed by atoms with Crippen LogP contribution in [0.5, 0.6) is 17.2 Å². The maximum absolute atomic E-state index is 13.3. The quantitative estimate of drug-likeness (QED) is 0.189. The van der Waals surface area contributed by atoms with Gasteiger partial charge in [-0.2, -0.15) is 5.26 Å². The molecule has 0 aliphatic heterocycles. The van der Waals surface area contributed by atoms with E-state index >= 15 is 0 Å². The summed E-state index contributed by atoms with van der Waals surface area (Å²) >= 11 is 1.19. The number of nitrogens with one attached hydrogen (secondary N) is 1. The molecule has 4 rings (SSSR count). The standard InChI is InChI=1S/C32H29N3O6S/c1-5-28(30(36)34-22-13-11-20(12-14-22)32(37)38)42-31-24(18-33)23(17-25(35-31)19-9-7-6-8-10-19)21-15-26(39-2)29(41-4)27(16-21)40-3/h6-17,28H,5H2,1-4H3,(H,34,36)(H,37,38). The minimum absolute atomic E-state index is 0.120. The summed E-state index contributed by atoms with van der Waals surface area (Å²) in [4.78, 5) is 29.3. The fourth-order valence-electron chi connectivity index (χ4n) is 4.31. The molecule has 0 fully saturated rings. The number of hydrogen-bond donors (Lipinski definition) is 2. The molecule has 9 nitrogen and oxygen atoms in total. The number of rotatable bonds is 11. The van der Waals surface area contributed by atoms with Crippen molar-refractivity contribution in [2.24, 2.45) is 0 Å². The third-order valence-electron chi connectivity index (χ3n) is 6.46. The van der Waals surface area contributed by atoms with Crippen LogP contribution in [0, 0.1) is 11.3 Å². The van der Waals surface area contributed by atoms with Crippen LogP contribution in [0.25, 0.3) is 22.4 Å². The Morgan fingerprint density at radius 2 is 1.60 bits per heavy atom. The number of nitriles is 1. The van der Waals surface area contributed by atoms with Crippen LogP contribution in [0.15, 0.2) is 77.8 Å². The Morgan fingerprint density at radius 1 is 0.952 bits per heavy atom. The van der Waals surface area contributed by atoms with Gasteiger partial charge in [-0.25, -0.2) is 9.78 Å². The van der Waals surface area contributed by atoms with Crippen LogP contribution in [-0.4, -0.2) is 48.5 Å². The number of amides is 1. The molecule has 0 radical (unpaired) electrons. The molecule has 10 heteroatoms. The smallest absolute Gasteiger partial charge is 0.335 e. The van der Waals surface area contributed by atoms with Crippen molar-refractivity contribution in [1.29, 1.82) is 5.26 Å². The zero-order valence-corrected chi connectivity index (χ0v) is 24.3. The van der Waals surface area contributed by atoms with Crippen molar-refractivity contribution in [3.8, 4) is 45.7 Å². The molecule has 4 aromatic rings. The molecule has 214 valence electrons. The van der Waals surface area contributed by atoms with Crippen LogP contribution < -0.4 is 19.5 Å². The zero-order valence-electron chi connectivity index (χ0n) is 23.5. The van der Waals surface area contributed by atoms with E-state index in [1.54, 1.807) is 12.1 Å². The minimum atomic E-state index is -1.05. The van der Waals surface area contributed by atoms with Gasteiger partial charge in [0.15, 0.2) is 11.5 Å². The Kier molecular flexibility index (Phi) is 9.68. The SMILES string of the molecule is CCC(Sc1nc(-c2ccccc2)cc(-c2cc(OC)c(OC)c(OC)c2)c1C#N)C(=O)Nc1ccc(C(=O)O)cc1. The van der Waals surface area contributed by atoms with E-state index in [2.05, 4.69) is 11.4 Å². The van der Waals surface area contributed by atoms with Crippen LogP contribution in [0.1, 0.15) is 29.3 Å². The van der Waals surface area contributed by atoms with Crippen LogP contribution >= 0.6 is 11.8 Å². The Labute approximate surface area is 248 Å². The number of nitrogens with zero attached hydrogens (tertiary/aromatic N) is 2. The summed E-state index contributed by atoms with van der Waals surface area (Å²) in [7, 11) is 4.57. The second-order valence-electron chi connectivity index (χ2n) is 9.01. The highest BCUT2D eigenvalue weighted by Gasteiger charge is 2.25. The van der Waals surface area contributed by atoms with Crippen LogP contribution in [-0.2, 0) is 4.79 Å². The number of ether oxygens (including phenoxy) is 3. The van der Waals surface area contributed by atoms with Gasteiger partial charge in [0.25, 0.3) is 0 Å². The molecule has 1 amide bonds. The molecule has 1 heterocycles. The number of hydrogen-bond acceptors (Lipinski definition) is 8. The second kappa shape index (κ2) is 13.6. The summed E-state index contributed by atoms with van der Waals surface area (Å²) in [5, 5.41) is 22.2. The van der Waals surface area contributed by atoms with E-state index in [4.69, 9.17) is 24.3 Å². The lowest BCUT2D eigenvalue weighted by Crippen LogP contribution is -2.25. The summed E-state index contributed by atoms with van der Waals surface area (Å²) < 4.78 is 16.6. The number of methoxy groups -OCH3 is 3. The first-order chi connectivity index (χ1) is 20.3. The van der Waals surface area contributed by atoms with E-state index in [1.165, 1.54) is 57.4 Å². The van der Waals surface area contributed by atoms with Crippen LogP contribution in [0.3, 0.4) is 0 Å². The molecule has 0 spiro atoms. The summed E-state index contributed by atoms with van der Waals surface area (Å²) in [6.07, 6.45) is 0.450. The zero-order chi connectivity index (χ0) is 30.2. The van der Waals surface area contributed by atoms with Crippen molar-refractivity contribution >= 4 is 29.3 Å². The molecular weight excluding hydrogens is 554 g/mol. The predicted octanol–water partition coefficient (Wildman–Crippen LogP) is 6.52. The van der Waals surface area contributed by atoms with E-state index in [1.807, 2.05) is 43.3 Å². The fraction of sp³-hybridized carbons (Fsp3) is 0.188. The number of benzene rings is 3. The molecule has 1 atom stereocenters. The average molecular weight is 584 g/mol. The fourth-order valence-corrected chi connectivity index (χ4v) is 5.34. The third kappa shape index (κ3) is 6.48. The molecule has 0 saturated heterocycles. The van der Waals surface area contributed by atoms with Gasteiger partial charge >= 0.3 is 5.97 Å². The average Bonchev–Trinajstić information content (AvgIpc) is 3.02. The number of carboxylic acids is 1. The number of carboxylic acid groups (broad SMARTS) is 1. The molecule has 0 saturated carbocycles. The molecule has 42 heavy (non-hydrogen) atoms. The highest BCUT2D eigenvalue weighted by molar-refractivity contribution is 8.00. The molecule has 0 aliphatic carbocycles. The van der Waals surface area contributed by atoms with Crippen molar-refractivity contribution < 1.29 is 28.9 Å². The number of pyridine rings is 1. The summed E-state index contributed by atoms with van der Waals surface area (Å²) in [6, 6.07) is 23.2. The number of carbonyl (C=O) groups excluding carboxylic acids is 1. The van der Waals surface area contributed by atoms with Gasteiger partial charge in [0.1, 0.15) is 11.1 Å². The van der Waals surface area contributed by atoms with Gasteiger partial charge in [-0.05, 0) is 54.4 Å². The summed E-state index contributed by atoms with van der Waals surface area (Å²) in [5.41, 5.74) is 3.59. The summed E-state index contributed by atoms with van der Waals surface area (Å²) in [5.74, 6) is -0.0549. The van der Waals surface area contributed by atoms with Crippen LogP contribution in [0.2, 0.25) is 0 Å². The Balaban J connectivity index is 1.80. The Bertz CT molecular complexity index is 1610. The van der Waals surface area contributed by atoms with Crippen molar-refractivity contribution in [2.75, 3.05) is 26.6 Å². The van der Waals surface area contributed by atoms with Crippen molar-refractivity contribution in [3.63, 3.8) is 0 Å². The maximum atomic E-state index is 13.3. The van der Waals surface area contributed by atoms with Gasteiger partial charge < -0.3 is 24.6 Å².